The molecular formula is C17H19N5O3S2. The summed E-state index contributed by atoms with van der Waals surface area (Å²) in [5, 5.41) is 4.47. The van der Waals surface area contributed by atoms with Gasteiger partial charge in [0.25, 0.3) is 5.78 Å². The smallest absolute Gasteiger partial charge is 0.253 e. The van der Waals surface area contributed by atoms with Crippen molar-refractivity contribution in [1.82, 2.24) is 19.6 Å². The number of carbonyl (C=O) groups excluding carboxylic acids is 1. The number of rotatable bonds is 6. The molecule has 0 aliphatic heterocycles. The Hall–Kier alpha value is -2.46. The highest BCUT2D eigenvalue weighted by molar-refractivity contribution is 8.00. The molecule has 0 spiro atoms. The lowest BCUT2D eigenvalue weighted by molar-refractivity contribution is 0.0994. The molecule has 142 valence electrons. The van der Waals surface area contributed by atoms with E-state index in [4.69, 9.17) is 0 Å². The summed E-state index contributed by atoms with van der Waals surface area (Å²) in [7, 11) is -3.35. The van der Waals surface area contributed by atoms with Crippen LogP contribution in [0.25, 0.3) is 5.78 Å². The van der Waals surface area contributed by atoms with E-state index in [2.05, 4.69) is 19.8 Å². The van der Waals surface area contributed by atoms with Gasteiger partial charge in [0.05, 0.1) is 11.5 Å². The van der Waals surface area contributed by atoms with Crippen molar-refractivity contribution in [3.63, 3.8) is 0 Å². The van der Waals surface area contributed by atoms with Crippen LogP contribution in [0.2, 0.25) is 0 Å². The van der Waals surface area contributed by atoms with Crippen LogP contribution in [0.3, 0.4) is 0 Å². The fraction of sp³-hybridized carbons (Fsp3) is 0.294. The van der Waals surface area contributed by atoms with Gasteiger partial charge in [0.1, 0.15) is 0 Å². The molecule has 2 aromatic heterocycles. The van der Waals surface area contributed by atoms with E-state index in [1.165, 1.54) is 11.8 Å². The van der Waals surface area contributed by atoms with E-state index in [0.29, 0.717) is 22.2 Å². The summed E-state index contributed by atoms with van der Waals surface area (Å²) < 4.78 is 26.5. The van der Waals surface area contributed by atoms with E-state index in [9.17, 15) is 13.2 Å². The molecule has 0 aliphatic carbocycles. The van der Waals surface area contributed by atoms with Crippen LogP contribution < -0.4 is 4.72 Å². The van der Waals surface area contributed by atoms with Crippen LogP contribution in [0.15, 0.2) is 35.5 Å². The van der Waals surface area contributed by atoms with Crippen LogP contribution in [0.5, 0.6) is 0 Å². The molecule has 27 heavy (non-hydrogen) atoms. The SMILES string of the molecule is Cc1cc(C)n2nc(S[C@@H](C)C(=O)c3ccc(NS(C)(=O)=O)cc3)nc2n1. The molecule has 0 unspecified atom stereocenters. The molecule has 2 heterocycles. The van der Waals surface area contributed by atoms with E-state index in [-0.39, 0.29) is 5.78 Å². The molecule has 8 nitrogen and oxygen atoms in total. The topological polar surface area (TPSA) is 106 Å². The Morgan fingerprint density at radius 3 is 2.48 bits per heavy atom. The monoisotopic (exact) mass is 405 g/mol. The zero-order valence-corrected chi connectivity index (χ0v) is 16.9. The van der Waals surface area contributed by atoms with Crippen molar-refractivity contribution in [3.05, 3.63) is 47.3 Å². The van der Waals surface area contributed by atoms with Gasteiger partial charge in [0.15, 0.2) is 5.78 Å². The summed E-state index contributed by atoms with van der Waals surface area (Å²) in [5.41, 5.74) is 2.68. The predicted octanol–water partition coefficient (Wildman–Crippen LogP) is 2.48. The van der Waals surface area contributed by atoms with Crippen molar-refractivity contribution >= 4 is 39.0 Å². The number of fused-ring (bicyclic) bond motifs is 1. The van der Waals surface area contributed by atoms with Gasteiger partial charge in [-0.25, -0.2) is 17.9 Å². The van der Waals surface area contributed by atoms with Gasteiger partial charge in [0.2, 0.25) is 15.2 Å². The summed E-state index contributed by atoms with van der Waals surface area (Å²) in [6.45, 7) is 5.60. The lowest BCUT2D eigenvalue weighted by atomic mass is 10.1. The molecule has 0 saturated carbocycles. The van der Waals surface area contributed by atoms with Crippen molar-refractivity contribution in [2.75, 3.05) is 11.0 Å². The van der Waals surface area contributed by atoms with Gasteiger partial charge in [-0.15, -0.1) is 5.10 Å². The highest BCUT2D eigenvalue weighted by atomic mass is 32.2. The molecule has 3 aromatic rings. The van der Waals surface area contributed by atoms with Crippen LogP contribution in [0.4, 0.5) is 5.69 Å². The number of nitrogens with one attached hydrogen (secondary N) is 1. The lowest BCUT2D eigenvalue weighted by Crippen LogP contribution is -2.14. The number of nitrogens with zero attached hydrogens (tertiary/aromatic N) is 4. The van der Waals surface area contributed by atoms with Crippen LogP contribution in [0, 0.1) is 13.8 Å². The third kappa shape index (κ3) is 4.64. The maximum atomic E-state index is 12.6. The molecule has 3 rings (SSSR count). The second kappa shape index (κ2) is 7.28. The van der Waals surface area contributed by atoms with Crippen LogP contribution in [-0.4, -0.2) is 45.3 Å². The minimum absolute atomic E-state index is 0.0920. The summed E-state index contributed by atoms with van der Waals surface area (Å²) in [6.07, 6.45) is 1.07. The second-order valence-corrected chi connectivity index (χ2v) is 9.28. The average Bonchev–Trinajstić information content (AvgIpc) is 2.96. The Morgan fingerprint density at radius 1 is 1.19 bits per heavy atom. The number of Topliss-reactive ketones (excluding diaryl/α,β-unsaturated/α-hetero) is 1. The minimum atomic E-state index is -3.35. The molecule has 1 N–H and O–H groups in total. The highest BCUT2D eigenvalue weighted by Gasteiger charge is 2.19. The van der Waals surface area contributed by atoms with Crippen molar-refractivity contribution in [1.29, 1.82) is 0 Å². The Bertz CT molecular complexity index is 1110. The Morgan fingerprint density at radius 2 is 1.85 bits per heavy atom. The van der Waals surface area contributed by atoms with Crippen LogP contribution >= 0.6 is 11.8 Å². The number of sulfonamides is 1. The van der Waals surface area contributed by atoms with Crippen molar-refractivity contribution in [3.8, 4) is 0 Å². The number of hydrogen-bond acceptors (Lipinski definition) is 7. The number of anilines is 1. The van der Waals surface area contributed by atoms with Gasteiger partial charge in [-0.05, 0) is 51.1 Å². The molecule has 0 saturated heterocycles. The van der Waals surface area contributed by atoms with Crippen LogP contribution in [0.1, 0.15) is 28.7 Å². The van der Waals surface area contributed by atoms with Gasteiger partial charge in [-0.3, -0.25) is 9.52 Å². The number of hydrogen-bond donors (Lipinski definition) is 1. The first-order chi connectivity index (χ1) is 12.6. The summed E-state index contributed by atoms with van der Waals surface area (Å²) in [6, 6.07) is 8.23. The molecule has 0 amide bonds. The molecule has 10 heteroatoms. The molecular weight excluding hydrogens is 386 g/mol. The first-order valence-electron chi connectivity index (χ1n) is 8.12. The Balaban J connectivity index is 1.75. The molecule has 1 atom stereocenters. The quantitative estimate of drug-likeness (QED) is 0.496. The van der Waals surface area contributed by atoms with E-state index in [1.807, 2.05) is 19.9 Å². The maximum Gasteiger partial charge on any atom is 0.253 e. The number of carbonyl (C=O) groups is 1. The van der Waals surface area contributed by atoms with E-state index in [1.54, 1.807) is 35.7 Å². The number of benzene rings is 1. The van der Waals surface area contributed by atoms with E-state index in [0.717, 1.165) is 17.6 Å². The zero-order chi connectivity index (χ0) is 19.8. The number of thioether (sulfide) groups is 1. The molecule has 0 bridgehead atoms. The largest absolute Gasteiger partial charge is 0.293 e. The summed E-state index contributed by atoms with van der Waals surface area (Å²) in [4.78, 5) is 21.4. The normalized spacial score (nSPS) is 12.9. The second-order valence-electron chi connectivity index (χ2n) is 6.22. The van der Waals surface area contributed by atoms with E-state index < -0.39 is 15.3 Å². The van der Waals surface area contributed by atoms with E-state index >= 15 is 0 Å². The van der Waals surface area contributed by atoms with Gasteiger partial charge in [0, 0.05) is 22.6 Å². The highest BCUT2D eigenvalue weighted by Crippen LogP contribution is 2.24. The van der Waals surface area contributed by atoms with Gasteiger partial charge in [-0.2, -0.15) is 4.98 Å². The molecule has 1 aromatic carbocycles. The van der Waals surface area contributed by atoms with Gasteiger partial charge < -0.3 is 0 Å². The summed E-state index contributed by atoms with van der Waals surface area (Å²) in [5.74, 6) is 0.413. The van der Waals surface area contributed by atoms with Crippen molar-refractivity contribution in [2.24, 2.45) is 0 Å². The number of aromatic nitrogens is 4. The number of ketones is 1. The van der Waals surface area contributed by atoms with Crippen molar-refractivity contribution in [2.45, 2.75) is 31.2 Å². The third-order valence-electron chi connectivity index (χ3n) is 3.72. The Kier molecular flexibility index (Phi) is 5.20. The standard InChI is InChI=1S/C17H19N5O3S2/c1-10-9-11(2)22-16(18-10)19-17(20-22)26-12(3)15(23)13-5-7-14(8-6-13)21-27(4,24)25/h5-9,12,21H,1-4H3/t12-/m0/s1. The zero-order valence-electron chi connectivity index (χ0n) is 15.3. The van der Waals surface area contributed by atoms with Gasteiger partial charge >= 0.3 is 0 Å². The first-order valence-corrected chi connectivity index (χ1v) is 10.9. The first kappa shape index (κ1) is 19.3. The van der Waals surface area contributed by atoms with Crippen molar-refractivity contribution < 1.29 is 13.2 Å². The van der Waals surface area contributed by atoms with Gasteiger partial charge in [-0.1, -0.05) is 11.8 Å². The average molecular weight is 406 g/mol. The predicted molar refractivity (Wildman–Crippen MR) is 105 cm³/mol. The number of aryl methyl sites for hydroxylation is 2. The summed E-state index contributed by atoms with van der Waals surface area (Å²) >= 11 is 1.26. The minimum Gasteiger partial charge on any atom is -0.293 e. The molecule has 0 radical (unpaired) electrons. The molecule has 0 fully saturated rings. The van der Waals surface area contributed by atoms with Crippen LogP contribution in [-0.2, 0) is 10.0 Å². The Labute approximate surface area is 161 Å². The molecule has 0 aliphatic rings. The maximum absolute atomic E-state index is 12.6. The third-order valence-corrected chi connectivity index (χ3v) is 5.28. The lowest BCUT2D eigenvalue weighted by Gasteiger charge is -2.09. The fourth-order valence-electron chi connectivity index (χ4n) is 2.56. The fourth-order valence-corrected chi connectivity index (χ4v) is 3.95.